The van der Waals surface area contributed by atoms with Gasteiger partial charge in [-0.1, -0.05) is 22.9 Å². The summed E-state index contributed by atoms with van der Waals surface area (Å²) in [7, 11) is 1.63. The van der Waals surface area contributed by atoms with Crippen LogP contribution in [0.3, 0.4) is 0 Å². The Morgan fingerprint density at radius 3 is 2.64 bits per heavy atom. The van der Waals surface area contributed by atoms with Crippen molar-refractivity contribution in [3.05, 3.63) is 86.2 Å². The summed E-state index contributed by atoms with van der Waals surface area (Å²) in [5, 5.41) is 1.23. The van der Waals surface area contributed by atoms with Crippen LogP contribution in [-0.2, 0) is 19.5 Å². The highest BCUT2D eigenvalue weighted by molar-refractivity contribution is 7.13. The van der Waals surface area contributed by atoms with E-state index >= 15 is 0 Å². The van der Waals surface area contributed by atoms with Gasteiger partial charge in [-0.05, 0) is 48.5 Å². The molecule has 0 fully saturated rings. The topological polar surface area (TPSA) is 80.3 Å². The first-order chi connectivity index (χ1) is 16.1. The molecule has 1 aliphatic heterocycles. The van der Waals surface area contributed by atoms with Crippen LogP contribution in [0.1, 0.15) is 16.1 Å². The Morgan fingerprint density at radius 2 is 1.88 bits per heavy atom. The lowest BCUT2D eigenvalue weighted by atomic mass is 10.1. The summed E-state index contributed by atoms with van der Waals surface area (Å²) in [6.07, 6.45) is 2.54. The zero-order valence-electron chi connectivity index (χ0n) is 17.9. The minimum atomic E-state index is -0.0949. The molecular weight excluding hydrogens is 460 g/mol. The van der Waals surface area contributed by atoms with Crippen molar-refractivity contribution in [3.63, 3.8) is 0 Å². The van der Waals surface area contributed by atoms with Gasteiger partial charge in [0.1, 0.15) is 17.3 Å². The number of hydrogen-bond donors (Lipinski definition) is 1. The Hall–Kier alpha value is -3.20. The van der Waals surface area contributed by atoms with Crippen LogP contribution < -0.4 is 15.0 Å². The molecule has 0 radical (unpaired) electrons. The van der Waals surface area contributed by atoms with E-state index in [0.717, 1.165) is 34.0 Å². The van der Waals surface area contributed by atoms with Gasteiger partial charge in [-0.15, -0.1) is 0 Å². The van der Waals surface area contributed by atoms with Crippen LogP contribution >= 0.6 is 22.9 Å². The van der Waals surface area contributed by atoms with E-state index in [9.17, 15) is 4.79 Å². The van der Waals surface area contributed by atoms with Crippen molar-refractivity contribution in [2.75, 3.05) is 13.7 Å². The first-order valence-electron chi connectivity index (χ1n) is 10.4. The number of nitrogens with one attached hydrogen (secondary N) is 1. The molecule has 168 valence electrons. The number of hydrogen-bond acceptors (Lipinski definition) is 7. The number of halogens is 1. The van der Waals surface area contributed by atoms with Crippen molar-refractivity contribution in [1.82, 2.24) is 19.9 Å². The van der Waals surface area contributed by atoms with E-state index in [1.165, 1.54) is 11.3 Å². The van der Waals surface area contributed by atoms with Crippen LogP contribution in [-0.4, -0.2) is 33.5 Å². The number of ether oxygens (including phenoxy) is 2. The molecule has 0 amide bonds. The zero-order chi connectivity index (χ0) is 22.8. The summed E-state index contributed by atoms with van der Waals surface area (Å²) in [6.45, 7) is 2.06. The quantitative estimate of drug-likeness (QED) is 0.422. The average Bonchev–Trinajstić information content (AvgIpc) is 3.27. The molecule has 0 unspecified atom stereocenters. The van der Waals surface area contributed by atoms with Gasteiger partial charge in [-0.3, -0.25) is 9.69 Å². The molecule has 33 heavy (non-hydrogen) atoms. The zero-order valence-corrected chi connectivity index (χ0v) is 19.4. The van der Waals surface area contributed by atoms with Crippen molar-refractivity contribution >= 4 is 22.9 Å². The van der Waals surface area contributed by atoms with Crippen LogP contribution in [0.15, 0.2) is 59.5 Å². The third-order valence-electron chi connectivity index (χ3n) is 5.44. The third-order valence-corrected chi connectivity index (χ3v) is 6.55. The number of rotatable bonds is 6. The van der Waals surface area contributed by atoms with E-state index in [4.69, 9.17) is 26.1 Å². The number of aromatic amines is 1. The molecule has 0 saturated carbocycles. The number of methoxy groups -OCH3 is 1. The van der Waals surface area contributed by atoms with E-state index < -0.39 is 0 Å². The molecule has 7 nitrogen and oxygen atoms in total. The van der Waals surface area contributed by atoms with Crippen LogP contribution in [0.2, 0.25) is 5.02 Å². The molecular formula is C24H21ClN4O3S. The van der Waals surface area contributed by atoms with Gasteiger partial charge in [-0.2, -0.15) is 0 Å². The van der Waals surface area contributed by atoms with Crippen molar-refractivity contribution in [2.45, 2.75) is 19.5 Å². The Labute approximate surface area is 199 Å². The van der Waals surface area contributed by atoms with Crippen molar-refractivity contribution in [3.8, 4) is 28.1 Å². The second kappa shape index (κ2) is 9.35. The minimum Gasteiger partial charge on any atom is -0.497 e. The molecule has 1 aliphatic rings. The smallest absolute Gasteiger partial charge is 0.278 e. The Kier molecular flexibility index (Phi) is 6.13. The first kappa shape index (κ1) is 21.6. The monoisotopic (exact) mass is 480 g/mol. The van der Waals surface area contributed by atoms with Gasteiger partial charge in [0, 0.05) is 47.7 Å². The van der Waals surface area contributed by atoms with Crippen molar-refractivity contribution in [1.29, 1.82) is 0 Å². The van der Waals surface area contributed by atoms with Gasteiger partial charge in [0.05, 0.1) is 18.4 Å². The molecule has 2 aromatic carbocycles. The van der Waals surface area contributed by atoms with E-state index in [1.807, 2.05) is 42.6 Å². The molecule has 0 saturated heterocycles. The summed E-state index contributed by atoms with van der Waals surface area (Å²) < 4.78 is 11.0. The van der Waals surface area contributed by atoms with Gasteiger partial charge in [0.15, 0.2) is 0 Å². The molecule has 0 bridgehead atoms. The normalized spacial score (nSPS) is 13.5. The van der Waals surface area contributed by atoms with E-state index in [-0.39, 0.29) is 5.56 Å². The lowest BCUT2D eigenvalue weighted by Crippen LogP contribution is -2.35. The van der Waals surface area contributed by atoms with Gasteiger partial charge in [0.2, 0.25) is 0 Å². The predicted molar refractivity (Wildman–Crippen MR) is 128 cm³/mol. The molecule has 0 atom stereocenters. The second-order valence-corrected chi connectivity index (χ2v) is 9.19. The number of H-pyrrole nitrogens is 1. The molecule has 4 aromatic rings. The standard InChI is InChI=1S/C24H21ClN4O3S/c1-31-17-6-8-18(9-7-17)32-24-26-12-19(33-24)13-29-11-10-21-20(14-29)23(30)28-22(27-21)15-2-4-16(25)5-3-15/h2-9,12H,10-11,13-14H2,1H3,(H,27,28,30). The predicted octanol–water partition coefficient (Wildman–Crippen LogP) is 4.91. The maximum atomic E-state index is 12.8. The first-order valence-corrected chi connectivity index (χ1v) is 11.6. The summed E-state index contributed by atoms with van der Waals surface area (Å²) in [5.74, 6) is 2.06. The highest BCUT2D eigenvalue weighted by Gasteiger charge is 2.22. The molecule has 0 aliphatic carbocycles. The van der Waals surface area contributed by atoms with Gasteiger partial charge < -0.3 is 14.5 Å². The summed E-state index contributed by atoms with van der Waals surface area (Å²) in [4.78, 5) is 28.1. The average molecular weight is 481 g/mol. The SMILES string of the molecule is COc1ccc(Oc2ncc(CN3CCc4nc(-c5ccc(Cl)cc5)[nH]c(=O)c4C3)s2)cc1. The summed E-state index contributed by atoms with van der Waals surface area (Å²) >= 11 is 7.47. The lowest BCUT2D eigenvalue weighted by molar-refractivity contribution is 0.244. The van der Waals surface area contributed by atoms with Crippen LogP contribution in [0, 0.1) is 0 Å². The minimum absolute atomic E-state index is 0.0949. The summed E-state index contributed by atoms with van der Waals surface area (Å²) in [5.41, 5.74) is 2.32. The van der Waals surface area contributed by atoms with Crippen molar-refractivity contribution in [2.24, 2.45) is 0 Å². The fourth-order valence-electron chi connectivity index (χ4n) is 3.74. The summed E-state index contributed by atoms with van der Waals surface area (Å²) in [6, 6.07) is 14.7. The lowest BCUT2D eigenvalue weighted by Gasteiger charge is -2.27. The van der Waals surface area contributed by atoms with Crippen LogP contribution in [0.25, 0.3) is 11.4 Å². The van der Waals surface area contributed by atoms with E-state index in [0.29, 0.717) is 41.3 Å². The molecule has 9 heteroatoms. The molecule has 2 aromatic heterocycles. The Balaban J connectivity index is 1.26. The highest BCUT2D eigenvalue weighted by atomic mass is 35.5. The van der Waals surface area contributed by atoms with E-state index in [1.54, 1.807) is 19.2 Å². The van der Waals surface area contributed by atoms with Gasteiger partial charge >= 0.3 is 0 Å². The molecule has 3 heterocycles. The molecule has 5 rings (SSSR count). The largest absolute Gasteiger partial charge is 0.497 e. The fraction of sp³-hybridized carbons (Fsp3) is 0.208. The van der Waals surface area contributed by atoms with Crippen LogP contribution in [0.4, 0.5) is 0 Å². The number of aromatic nitrogens is 3. The number of nitrogens with zero attached hydrogens (tertiary/aromatic N) is 3. The third kappa shape index (κ3) is 4.93. The second-order valence-electron chi connectivity index (χ2n) is 7.68. The maximum absolute atomic E-state index is 12.8. The highest BCUT2D eigenvalue weighted by Crippen LogP contribution is 2.29. The van der Waals surface area contributed by atoms with Gasteiger partial charge in [-0.25, -0.2) is 9.97 Å². The van der Waals surface area contributed by atoms with Gasteiger partial charge in [0.25, 0.3) is 10.8 Å². The molecule has 0 spiro atoms. The molecule has 1 N–H and O–H groups in total. The van der Waals surface area contributed by atoms with Crippen molar-refractivity contribution < 1.29 is 9.47 Å². The van der Waals surface area contributed by atoms with Crippen LogP contribution in [0.5, 0.6) is 16.7 Å². The fourth-order valence-corrected chi connectivity index (χ4v) is 4.68. The number of thiazole rings is 1. The van der Waals surface area contributed by atoms with E-state index in [2.05, 4.69) is 14.9 Å². The Bertz CT molecular complexity index is 1320. The maximum Gasteiger partial charge on any atom is 0.278 e. The Morgan fingerprint density at radius 1 is 1.12 bits per heavy atom. The number of fused-ring (bicyclic) bond motifs is 1. The number of benzene rings is 2.